The highest BCUT2D eigenvalue weighted by Crippen LogP contribution is 2.34. The van der Waals surface area contributed by atoms with E-state index in [0.29, 0.717) is 5.54 Å². The van der Waals surface area contributed by atoms with Gasteiger partial charge in [0.15, 0.2) is 5.96 Å². The van der Waals surface area contributed by atoms with Gasteiger partial charge >= 0.3 is 0 Å². The zero-order valence-corrected chi connectivity index (χ0v) is 8.64. The zero-order valence-electron chi connectivity index (χ0n) is 8.64. The van der Waals surface area contributed by atoms with Gasteiger partial charge in [0.2, 0.25) is 0 Å². The molecule has 1 aliphatic carbocycles. The number of guanidine groups is 1. The summed E-state index contributed by atoms with van der Waals surface area (Å²) < 4.78 is 0. The average Bonchev–Trinajstić information content (AvgIpc) is 2.44. The van der Waals surface area contributed by atoms with Gasteiger partial charge in [0, 0.05) is 19.1 Å². The van der Waals surface area contributed by atoms with Crippen molar-refractivity contribution in [2.75, 3.05) is 20.1 Å². The maximum absolute atomic E-state index is 4.46. The Kier molecular flexibility index (Phi) is 2.18. The normalized spacial score (nSPS) is 25.4. The Labute approximate surface area is 80.2 Å². The largest absolute Gasteiger partial charge is 0.351 e. The van der Waals surface area contributed by atoms with Crippen LogP contribution in [0.4, 0.5) is 0 Å². The van der Waals surface area contributed by atoms with Crippen LogP contribution < -0.4 is 5.32 Å². The third-order valence-electron chi connectivity index (χ3n) is 3.42. The maximum Gasteiger partial charge on any atom is 0.194 e. The average molecular weight is 181 g/mol. The summed E-state index contributed by atoms with van der Waals surface area (Å²) in [5.41, 5.74) is 0.386. The van der Waals surface area contributed by atoms with E-state index in [4.69, 9.17) is 0 Å². The Balaban J connectivity index is 1.96. The second-order valence-corrected chi connectivity index (χ2v) is 4.24. The predicted octanol–water partition coefficient (Wildman–Crippen LogP) is 1.21. The molecule has 1 aliphatic heterocycles. The van der Waals surface area contributed by atoms with Crippen molar-refractivity contribution in [2.45, 2.75) is 38.1 Å². The third kappa shape index (κ3) is 1.52. The van der Waals surface area contributed by atoms with E-state index in [1.165, 1.54) is 25.7 Å². The Morgan fingerprint density at radius 2 is 2.31 bits per heavy atom. The Bertz CT molecular complexity index is 213. The van der Waals surface area contributed by atoms with E-state index < -0.39 is 0 Å². The van der Waals surface area contributed by atoms with Gasteiger partial charge in [0.25, 0.3) is 0 Å². The molecule has 2 rings (SSSR count). The maximum atomic E-state index is 4.46. The van der Waals surface area contributed by atoms with Crippen molar-refractivity contribution in [3.8, 4) is 0 Å². The summed E-state index contributed by atoms with van der Waals surface area (Å²) in [6, 6.07) is 0. The molecule has 0 aromatic rings. The lowest BCUT2D eigenvalue weighted by Gasteiger charge is -2.43. The van der Waals surface area contributed by atoms with E-state index in [2.05, 4.69) is 29.2 Å². The van der Waals surface area contributed by atoms with Crippen LogP contribution in [-0.4, -0.2) is 36.5 Å². The number of likely N-dealkylation sites (N-methyl/N-ethyl adjacent to an activating group) is 1. The molecule has 1 saturated carbocycles. The van der Waals surface area contributed by atoms with Gasteiger partial charge in [-0.3, -0.25) is 4.99 Å². The van der Waals surface area contributed by atoms with Crippen LogP contribution in [0, 0.1) is 0 Å². The highest BCUT2D eigenvalue weighted by molar-refractivity contribution is 5.82. The number of rotatable bonds is 2. The summed E-state index contributed by atoms with van der Waals surface area (Å²) in [6.07, 6.45) is 5.23. The van der Waals surface area contributed by atoms with Crippen LogP contribution in [0.2, 0.25) is 0 Å². The van der Waals surface area contributed by atoms with Crippen LogP contribution in [0.3, 0.4) is 0 Å². The first-order valence-electron chi connectivity index (χ1n) is 5.29. The highest BCUT2D eigenvalue weighted by Gasteiger charge is 2.36. The summed E-state index contributed by atoms with van der Waals surface area (Å²) in [7, 11) is 2.11. The quantitative estimate of drug-likeness (QED) is 0.693. The monoisotopic (exact) mass is 181 g/mol. The van der Waals surface area contributed by atoms with Gasteiger partial charge < -0.3 is 10.2 Å². The molecular weight excluding hydrogens is 162 g/mol. The summed E-state index contributed by atoms with van der Waals surface area (Å²) >= 11 is 0. The molecule has 0 aromatic carbocycles. The van der Waals surface area contributed by atoms with E-state index in [1.807, 2.05) is 0 Å². The molecule has 2 aliphatic rings. The molecule has 1 heterocycles. The van der Waals surface area contributed by atoms with Crippen LogP contribution in [-0.2, 0) is 0 Å². The zero-order chi connectivity index (χ0) is 9.31. The molecule has 13 heavy (non-hydrogen) atoms. The number of nitrogens with one attached hydrogen (secondary N) is 1. The summed E-state index contributed by atoms with van der Waals surface area (Å²) in [6.45, 7) is 4.29. The Morgan fingerprint density at radius 3 is 2.69 bits per heavy atom. The van der Waals surface area contributed by atoms with Gasteiger partial charge in [-0.2, -0.15) is 0 Å². The van der Waals surface area contributed by atoms with Crippen LogP contribution >= 0.6 is 0 Å². The fraction of sp³-hybridized carbons (Fsp3) is 0.900. The minimum atomic E-state index is 0.386. The van der Waals surface area contributed by atoms with Crippen molar-refractivity contribution < 1.29 is 0 Å². The van der Waals surface area contributed by atoms with Crippen LogP contribution in [0.5, 0.6) is 0 Å². The van der Waals surface area contributed by atoms with Gasteiger partial charge in [0.05, 0.1) is 6.54 Å². The van der Waals surface area contributed by atoms with E-state index in [9.17, 15) is 0 Å². The van der Waals surface area contributed by atoms with Crippen LogP contribution in [0.15, 0.2) is 4.99 Å². The molecule has 0 saturated heterocycles. The van der Waals surface area contributed by atoms with Crippen molar-refractivity contribution in [1.82, 2.24) is 10.2 Å². The van der Waals surface area contributed by atoms with Crippen LogP contribution in [0.1, 0.15) is 32.6 Å². The fourth-order valence-electron chi connectivity index (χ4n) is 2.08. The van der Waals surface area contributed by atoms with Crippen molar-refractivity contribution in [3.63, 3.8) is 0 Å². The Morgan fingerprint density at radius 1 is 1.54 bits per heavy atom. The van der Waals surface area contributed by atoms with E-state index >= 15 is 0 Å². The third-order valence-corrected chi connectivity index (χ3v) is 3.42. The fourth-order valence-corrected chi connectivity index (χ4v) is 2.08. The number of aliphatic imine (C=N–C) groups is 1. The second kappa shape index (κ2) is 3.20. The molecule has 1 N–H and O–H groups in total. The minimum Gasteiger partial charge on any atom is -0.351 e. The smallest absolute Gasteiger partial charge is 0.194 e. The van der Waals surface area contributed by atoms with Crippen molar-refractivity contribution >= 4 is 5.96 Å². The Hall–Kier alpha value is -0.730. The summed E-state index contributed by atoms with van der Waals surface area (Å²) in [5, 5.41) is 3.60. The predicted molar refractivity (Wildman–Crippen MR) is 54.9 cm³/mol. The topological polar surface area (TPSA) is 27.6 Å². The van der Waals surface area contributed by atoms with Crippen molar-refractivity contribution in [3.05, 3.63) is 0 Å². The molecule has 0 spiro atoms. The van der Waals surface area contributed by atoms with Crippen molar-refractivity contribution in [1.29, 1.82) is 0 Å². The van der Waals surface area contributed by atoms with Gasteiger partial charge in [-0.05, 0) is 25.7 Å². The SMILES string of the molecule is CCC1(NC2=NCCN2C)CCC1. The summed E-state index contributed by atoms with van der Waals surface area (Å²) in [4.78, 5) is 6.68. The van der Waals surface area contributed by atoms with E-state index in [0.717, 1.165) is 19.0 Å². The number of nitrogens with zero attached hydrogens (tertiary/aromatic N) is 2. The summed E-state index contributed by atoms with van der Waals surface area (Å²) in [5.74, 6) is 1.11. The van der Waals surface area contributed by atoms with Gasteiger partial charge in [-0.15, -0.1) is 0 Å². The number of hydrogen-bond donors (Lipinski definition) is 1. The molecule has 74 valence electrons. The van der Waals surface area contributed by atoms with Crippen molar-refractivity contribution in [2.24, 2.45) is 4.99 Å². The highest BCUT2D eigenvalue weighted by atomic mass is 15.3. The molecule has 0 atom stereocenters. The molecular formula is C10H19N3. The first kappa shape index (κ1) is 8.85. The lowest BCUT2D eigenvalue weighted by atomic mass is 9.75. The lowest BCUT2D eigenvalue weighted by Crippen LogP contribution is -2.55. The second-order valence-electron chi connectivity index (χ2n) is 4.24. The van der Waals surface area contributed by atoms with Gasteiger partial charge in [-0.25, -0.2) is 0 Å². The van der Waals surface area contributed by atoms with Gasteiger partial charge in [-0.1, -0.05) is 6.92 Å². The standard InChI is InChI=1S/C10H19N3/c1-3-10(5-4-6-10)12-9-11-7-8-13(9)2/h3-8H2,1-2H3,(H,11,12). The number of hydrogen-bond acceptors (Lipinski definition) is 3. The molecule has 0 aromatic heterocycles. The van der Waals surface area contributed by atoms with Crippen LogP contribution in [0.25, 0.3) is 0 Å². The lowest BCUT2D eigenvalue weighted by molar-refractivity contribution is 0.203. The molecule has 3 nitrogen and oxygen atoms in total. The molecule has 0 amide bonds. The molecule has 0 radical (unpaired) electrons. The van der Waals surface area contributed by atoms with Gasteiger partial charge in [0.1, 0.15) is 0 Å². The molecule has 0 bridgehead atoms. The minimum absolute atomic E-state index is 0.386. The first-order chi connectivity index (χ1) is 6.26. The van der Waals surface area contributed by atoms with E-state index in [-0.39, 0.29) is 0 Å². The van der Waals surface area contributed by atoms with E-state index in [1.54, 1.807) is 0 Å². The first-order valence-corrected chi connectivity index (χ1v) is 5.29. The molecule has 0 unspecified atom stereocenters. The molecule has 3 heteroatoms. The molecule has 1 fully saturated rings.